The van der Waals surface area contributed by atoms with Crippen molar-refractivity contribution in [1.29, 1.82) is 0 Å². The Morgan fingerprint density at radius 2 is 1.79 bits per heavy atom. The Labute approximate surface area is 172 Å². The molecule has 1 aliphatic carbocycles. The average Bonchev–Trinajstić information content (AvgIpc) is 3.52. The van der Waals surface area contributed by atoms with E-state index in [0.717, 1.165) is 24.8 Å². The van der Waals surface area contributed by atoms with E-state index in [1.165, 1.54) is 5.56 Å². The van der Waals surface area contributed by atoms with E-state index in [-0.39, 0.29) is 30.4 Å². The molecule has 29 heavy (non-hydrogen) atoms. The number of carbonyl (C=O) groups excluding carboxylic acids is 2. The molecule has 1 saturated carbocycles. The highest BCUT2D eigenvalue weighted by Crippen LogP contribution is 2.30. The largest absolute Gasteiger partial charge is 0.484 e. The van der Waals surface area contributed by atoms with E-state index in [1.54, 1.807) is 18.2 Å². The SMILES string of the molecule is CC(C)Cc1ccc(C(C)NC(=O)COc2cccc(NC(=O)C3CC3)c2)cc1. The zero-order valence-corrected chi connectivity index (χ0v) is 17.4. The number of ether oxygens (including phenoxy) is 1. The minimum atomic E-state index is -0.184. The zero-order valence-electron chi connectivity index (χ0n) is 17.4. The molecule has 2 aromatic rings. The number of nitrogens with one attached hydrogen (secondary N) is 2. The topological polar surface area (TPSA) is 67.4 Å². The van der Waals surface area contributed by atoms with Crippen molar-refractivity contribution in [2.75, 3.05) is 11.9 Å². The molecule has 2 N–H and O–H groups in total. The summed E-state index contributed by atoms with van der Waals surface area (Å²) < 4.78 is 5.60. The van der Waals surface area contributed by atoms with E-state index in [1.807, 2.05) is 13.0 Å². The summed E-state index contributed by atoms with van der Waals surface area (Å²) in [6.07, 6.45) is 2.97. The van der Waals surface area contributed by atoms with Crippen molar-refractivity contribution in [2.45, 2.75) is 46.1 Å². The monoisotopic (exact) mass is 394 g/mol. The maximum atomic E-state index is 12.3. The van der Waals surface area contributed by atoms with Crippen molar-refractivity contribution >= 4 is 17.5 Å². The fourth-order valence-electron chi connectivity index (χ4n) is 3.18. The molecular weight excluding hydrogens is 364 g/mol. The van der Waals surface area contributed by atoms with E-state index in [4.69, 9.17) is 4.74 Å². The molecule has 0 spiro atoms. The Kier molecular flexibility index (Phi) is 6.91. The van der Waals surface area contributed by atoms with Gasteiger partial charge in [0.15, 0.2) is 6.61 Å². The van der Waals surface area contributed by atoms with Crippen molar-refractivity contribution < 1.29 is 14.3 Å². The van der Waals surface area contributed by atoms with Crippen LogP contribution < -0.4 is 15.4 Å². The van der Waals surface area contributed by atoms with E-state index in [0.29, 0.717) is 17.4 Å². The van der Waals surface area contributed by atoms with Gasteiger partial charge >= 0.3 is 0 Å². The van der Waals surface area contributed by atoms with E-state index >= 15 is 0 Å². The minimum Gasteiger partial charge on any atom is -0.484 e. The molecule has 154 valence electrons. The van der Waals surface area contributed by atoms with Crippen LogP contribution in [0.5, 0.6) is 5.75 Å². The van der Waals surface area contributed by atoms with Crippen LogP contribution in [0, 0.1) is 11.8 Å². The Hall–Kier alpha value is -2.82. The van der Waals surface area contributed by atoms with E-state index in [9.17, 15) is 9.59 Å². The molecule has 1 aliphatic rings. The predicted octanol–water partition coefficient (Wildman–Crippen LogP) is 4.49. The van der Waals surface area contributed by atoms with Gasteiger partial charge in [0.2, 0.25) is 5.91 Å². The maximum Gasteiger partial charge on any atom is 0.258 e. The Morgan fingerprint density at radius 3 is 2.45 bits per heavy atom. The molecule has 3 rings (SSSR count). The Morgan fingerprint density at radius 1 is 1.07 bits per heavy atom. The van der Waals surface area contributed by atoms with Gasteiger partial charge in [0.1, 0.15) is 5.75 Å². The molecule has 2 amide bonds. The highest BCUT2D eigenvalue weighted by molar-refractivity contribution is 5.94. The zero-order chi connectivity index (χ0) is 20.8. The first kappa shape index (κ1) is 20.9. The van der Waals surface area contributed by atoms with Crippen molar-refractivity contribution in [3.63, 3.8) is 0 Å². The van der Waals surface area contributed by atoms with Crippen molar-refractivity contribution in [3.05, 3.63) is 59.7 Å². The minimum absolute atomic E-state index is 0.0492. The van der Waals surface area contributed by atoms with Crippen LogP contribution in [0.4, 0.5) is 5.69 Å². The third kappa shape index (κ3) is 6.63. The highest BCUT2D eigenvalue weighted by Gasteiger charge is 2.29. The molecular formula is C24H30N2O3. The van der Waals surface area contributed by atoms with Crippen molar-refractivity contribution in [3.8, 4) is 5.75 Å². The van der Waals surface area contributed by atoms with Crippen LogP contribution in [-0.2, 0) is 16.0 Å². The fourth-order valence-corrected chi connectivity index (χ4v) is 3.18. The quantitative estimate of drug-likeness (QED) is 0.658. The molecule has 1 fully saturated rings. The van der Waals surface area contributed by atoms with Gasteiger partial charge in [-0.15, -0.1) is 0 Å². The first-order chi connectivity index (χ1) is 13.9. The summed E-state index contributed by atoms with van der Waals surface area (Å²) in [7, 11) is 0. The molecule has 2 aromatic carbocycles. The molecule has 5 heteroatoms. The van der Waals surface area contributed by atoms with Crippen LogP contribution in [0.25, 0.3) is 0 Å². The fraction of sp³-hybridized carbons (Fsp3) is 0.417. The predicted molar refractivity (Wildman–Crippen MR) is 115 cm³/mol. The normalized spacial score (nSPS) is 14.3. The van der Waals surface area contributed by atoms with Crippen LogP contribution in [0.3, 0.4) is 0 Å². The molecule has 5 nitrogen and oxygen atoms in total. The molecule has 0 aliphatic heterocycles. The second kappa shape index (κ2) is 9.59. The summed E-state index contributed by atoms with van der Waals surface area (Å²) in [6.45, 7) is 6.29. The number of carbonyl (C=O) groups is 2. The molecule has 1 atom stereocenters. The summed E-state index contributed by atoms with van der Waals surface area (Å²) in [5.74, 6) is 1.19. The van der Waals surface area contributed by atoms with E-state index in [2.05, 4.69) is 48.7 Å². The van der Waals surface area contributed by atoms with Crippen molar-refractivity contribution in [2.24, 2.45) is 11.8 Å². The van der Waals surface area contributed by atoms with Gasteiger partial charge in [-0.2, -0.15) is 0 Å². The lowest BCUT2D eigenvalue weighted by Gasteiger charge is -2.16. The van der Waals surface area contributed by atoms with Crippen LogP contribution >= 0.6 is 0 Å². The van der Waals surface area contributed by atoms with Gasteiger partial charge in [-0.25, -0.2) is 0 Å². The number of hydrogen-bond donors (Lipinski definition) is 2. The number of benzene rings is 2. The average molecular weight is 395 g/mol. The van der Waals surface area contributed by atoms with Crippen molar-refractivity contribution in [1.82, 2.24) is 5.32 Å². The second-order valence-corrected chi connectivity index (χ2v) is 8.21. The van der Waals surface area contributed by atoms with Crippen LogP contribution in [0.15, 0.2) is 48.5 Å². The van der Waals surface area contributed by atoms with Crippen LogP contribution in [0.2, 0.25) is 0 Å². The number of amides is 2. The number of hydrogen-bond acceptors (Lipinski definition) is 3. The van der Waals surface area contributed by atoms with Crippen LogP contribution in [-0.4, -0.2) is 18.4 Å². The highest BCUT2D eigenvalue weighted by atomic mass is 16.5. The first-order valence-corrected chi connectivity index (χ1v) is 10.3. The van der Waals surface area contributed by atoms with Gasteiger partial charge in [0.05, 0.1) is 6.04 Å². The van der Waals surface area contributed by atoms with Gasteiger partial charge in [-0.3, -0.25) is 9.59 Å². The molecule has 0 aromatic heterocycles. The van der Waals surface area contributed by atoms with Gasteiger partial charge in [0.25, 0.3) is 5.91 Å². The van der Waals surface area contributed by atoms with Gasteiger partial charge < -0.3 is 15.4 Å². The third-order valence-electron chi connectivity index (χ3n) is 4.92. The Bertz CT molecular complexity index is 841. The van der Waals surface area contributed by atoms with E-state index < -0.39 is 0 Å². The summed E-state index contributed by atoms with van der Waals surface area (Å²) in [4.78, 5) is 24.1. The molecule has 0 saturated heterocycles. The lowest BCUT2D eigenvalue weighted by molar-refractivity contribution is -0.123. The first-order valence-electron chi connectivity index (χ1n) is 10.3. The molecule has 0 heterocycles. The van der Waals surface area contributed by atoms with Gasteiger partial charge in [-0.05, 0) is 55.4 Å². The summed E-state index contributed by atoms with van der Waals surface area (Å²) in [5, 5.41) is 5.85. The summed E-state index contributed by atoms with van der Waals surface area (Å²) >= 11 is 0. The number of anilines is 1. The van der Waals surface area contributed by atoms with Gasteiger partial charge in [-0.1, -0.05) is 44.2 Å². The molecule has 0 bridgehead atoms. The van der Waals surface area contributed by atoms with Crippen LogP contribution in [0.1, 0.15) is 50.8 Å². The summed E-state index contributed by atoms with van der Waals surface area (Å²) in [5.41, 5.74) is 3.06. The standard InChI is InChI=1S/C24H30N2O3/c1-16(2)13-18-7-9-19(10-8-18)17(3)25-23(27)15-29-22-6-4-5-21(14-22)26-24(28)20-11-12-20/h4-10,14,16-17,20H,11-13,15H2,1-3H3,(H,25,27)(H,26,28). The third-order valence-corrected chi connectivity index (χ3v) is 4.92. The lowest BCUT2D eigenvalue weighted by Crippen LogP contribution is -2.31. The molecule has 0 radical (unpaired) electrons. The smallest absolute Gasteiger partial charge is 0.258 e. The number of rotatable bonds is 9. The lowest BCUT2D eigenvalue weighted by atomic mass is 10.00. The summed E-state index contributed by atoms with van der Waals surface area (Å²) in [6, 6.07) is 15.4. The Balaban J connectivity index is 1.47. The maximum absolute atomic E-state index is 12.3. The van der Waals surface area contributed by atoms with Gasteiger partial charge in [0, 0.05) is 17.7 Å². The molecule has 1 unspecified atom stereocenters. The second-order valence-electron chi connectivity index (χ2n) is 8.21.